The topological polar surface area (TPSA) is 249 Å². The third kappa shape index (κ3) is 15.8. The molecule has 7 aliphatic heterocycles. The number of hydrogen-bond donors (Lipinski definition) is 0. The van der Waals surface area contributed by atoms with Crippen LogP contribution in [0.1, 0.15) is 67.7 Å². The molecule has 7 rings (SSSR count). The summed E-state index contributed by atoms with van der Waals surface area (Å²) >= 11 is 0. The van der Waals surface area contributed by atoms with Gasteiger partial charge in [-0.25, -0.2) is 33.6 Å². The predicted molar refractivity (Wildman–Crippen MR) is 197 cm³/mol. The summed E-state index contributed by atoms with van der Waals surface area (Å²) in [5.41, 5.74) is -1.80. The fraction of sp³-hybridized carbons (Fsp3) is 0.447. The van der Waals surface area contributed by atoms with Gasteiger partial charge in [0, 0.05) is 0 Å². The fourth-order valence-corrected chi connectivity index (χ4v) is 3.88. The van der Waals surface area contributed by atoms with Crippen molar-refractivity contribution in [3.05, 3.63) is 86.4 Å². The maximum Gasteiger partial charge on any atom is 0.518 e. The van der Waals surface area contributed by atoms with Gasteiger partial charge in [0.25, 0.3) is 0 Å². The third-order valence-corrected chi connectivity index (χ3v) is 8.06. The van der Waals surface area contributed by atoms with Gasteiger partial charge in [0.15, 0.2) is 35.3 Å². The van der Waals surface area contributed by atoms with Crippen LogP contribution in [0.3, 0.4) is 0 Å². The lowest BCUT2D eigenvalue weighted by molar-refractivity contribution is -0.147. The third-order valence-electron chi connectivity index (χ3n) is 8.06. The van der Waals surface area contributed by atoms with E-state index in [0.717, 1.165) is 0 Å². The molecule has 0 saturated carbocycles. The lowest BCUT2D eigenvalue weighted by Gasteiger charge is -2.21. The first kappa shape index (κ1) is 52.9. The second-order valence-corrected chi connectivity index (χ2v) is 12.8. The number of carbonyl (C=O) groups is 7. The van der Waals surface area contributed by atoms with E-state index < -0.39 is 78.1 Å². The fourth-order valence-electron chi connectivity index (χ4n) is 3.88. The summed E-state index contributed by atoms with van der Waals surface area (Å²) in [5, 5.41) is 0. The van der Waals surface area contributed by atoms with Crippen LogP contribution in [-0.2, 0) is 66.3 Å². The molecule has 7 aliphatic rings. The van der Waals surface area contributed by atoms with E-state index >= 15 is 0 Å². The van der Waals surface area contributed by atoms with Crippen molar-refractivity contribution in [2.75, 3.05) is 6.61 Å². The zero-order valence-corrected chi connectivity index (χ0v) is 34.6. The minimum atomic E-state index is -3.64. The van der Waals surface area contributed by atoms with Gasteiger partial charge in [-0.3, -0.25) is 0 Å². The first-order chi connectivity index (χ1) is 28.5. The molecule has 3 atom stereocenters. The molecule has 0 spiro atoms. The molecule has 0 bridgehead atoms. The van der Waals surface area contributed by atoms with Crippen molar-refractivity contribution in [2.24, 2.45) is 0 Å². The second kappa shape index (κ2) is 21.9. The van der Waals surface area contributed by atoms with Crippen LogP contribution in [0.15, 0.2) is 86.4 Å². The van der Waals surface area contributed by atoms with Crippen molar-refractivity contribution in [3.63, 3.8) is 0 Å². The summed E-state index contributed by atoms with van der Waals surface area (Å²) in [4.78, 5) is 71.5. The van der Waals surface area contributed by atoms with Crippen LogP contribution < -0.4 is 0 Å². The van der Waals surface area contributed by atoms with Gasteiger partial charge in [-0.2, -0.15) is 13.2 Å². The molecule has 7 fully saturated rings. The molecule has 0 aromatic heterocycles. The van der Waals surface area contributed by atoms with Crippen LogP contribution in [-0.4, -0.2) is 85.1 Å². The van der Waals surface area contributed by atoms with E-state index in [1.165, 1.54) is 0 Å². The Morgan fingerprint density at radius 3 is 1.15 bits per heavy atom. The Morgan fingerprint density at radius 1 is 0.532 bits per heavy atom. The van der Waals surface area contributed by atoms with Gasteiger partial charge in [-0.1, -0.05) is 60.2 Å². The van der Waals surface area contributed by atoms with E-state index in [-0.39, 0.29) is 18.5 Å². The Hall–Kier alpha value is -7.14. The minimum Gasteiger partial charge on any atom is -0.426 e. The molecule has 24 heteroatoms. The molecule has 0 aromatic carbocycles. The number of ether oxygens (including phenoxy) is 14. The lowest BCUT2D eigenvalue weighted by atomic mass is 9.96. The van der Waals surface area contributed by atoms with E-state index in [0.29, 0.717) is 48.1 Å². The number of alkyl halides is 3. The molecule has 0 amide bonds. The molecule has 344 valence electrons. The van der Waals surface area contributed by atoms with Crippen molar-refractivity contribution >= 4 is 43.1 Å². The van der Waals surface area contributed by atoms with Crippen molar-refractivity contribution in [1.29, 1.82) is 0 Å². The Balaban J connectivity index is 0.000000363. The maximum absolute atomic E-state index is 11.9. The van der Waals surface area contributed by atoms with Gasteiger partial charge >= 0.3 is 55.6 Å². The summed E-state index contributed by atoms with van der Waals surface area (Å²) < 4.78 is 96.7. The zero-order valence-electron chi connectivity index (χ0n) is 34.6. The average molecular weight is 895 g/mol. The highest BCUT2D eigenvalue weighted by Crippen LogP contribution is 2.35. The number of carbonyl (C=O) groups excluding carboxylic acids is 7. The SMILES string of the molecule is C=C1COC(=O)O1.C=C1OC(=O)OC1(C)C.C=C1OC(=O)OC1(C)CC.C=C1OC(=O)OC1(CC)CC.C=C1OC(=O)OC1(F)F.C=C1OC(=O)OC1C.C=C1OC(=O)OC1F. The summed E-state index contributed by atoms with van der Waals surface area (Å²) in [6, 6.07) is 0. The number of cyclic esters (lactones) is 14. The van der Waals surface area contributed by atoms with E-state index in [9.17, 15) is 46.7 Å². The van der Waals surface area contributed by atoms with E-state index in [1.54, 1.807) is 27.7 Å². The Kier molecular flexibility index (Phi) is 18.7. The highest BCUT2D eigenvalue weighted by Gasteiger charge is 2.48. The van der Waals surface area contributed by atoms with Gasteiger partial charge in [-0.05, 0) is 53.5 Å². The minimum absolute atomic E-state index is 0.207. The number of rotatable bonds is 3. The molecule has 3 unspecified atom stereocenters. The molecule has 21 nitrogen and oxygen atoms in total. The average Bonchev–Trinajstić information content (AvgIpc) is 3.99. The van der Waals surface area contributed by atoms with Gasteiger partial charge in [0.05, 0.1) is 0 Å². The molecule has 7 saturated heterocycles. The predicted octanol–water partition coefficient (Wildman–Crippen LogP) is 9.45. The smallest absolute Gasteiger partial charge is 0.426 e. The molecular formula is C38H45F3O21. The molecule has 62 heavy (non-hydrogen) atoms. The van der Waals surface area contributed by atoms with Crippen molar-refractivity contribution < 1.29 is 113 Å². The van der Waals surface area contributed by atoms with Gasteiger partial charge < -0.3 is 66.3 Å². The van der Waals surface area contributed by atoms with Crippen LogP contribution in [0.4, 0.5) is 46.7 Å². The molecule has 7 heterocycles. The molecule has 0 radical (unpaired) electrons. The summed E-state index contributed by atoms with van der Waals surface area (Å²) in [5.74, 6) is 0.725. The van der Waals surface area contributed by atoms with Gasteiger partial charge in [-0.15, -0.1) is 0 Å². The standard InChI is InChI=1S/C8H12O3.C7H10O3.C6H8O3.C5H6O3.C4H2F2O3.C4H3FO3.C4H4O3/c1-4-8(5-2)6(3)10-7(9)11-8;1-4-7(3)5(2)9-6(8)10-7;1-4-6(2,3)9-5(7)8-4;1-3-4(2)8-5(6)7-3;1-2-4(5,6)9-3(7)8-2;1-2-3(5)8-4(6)7-2;1-3-2-6-4(5)7-3/h3-5H2,1-2H3;2,4H2,1,3H3;1H2,2-3H3;4H,1H2,2H3;1H2;3H,1H2;1-2H2. The van der Waals surface area contributed by atoms with Crippen LogP contribution in [0.2, 0.25) is 0 Å². The van der Waals surface area contributed by atoms with Crippen LogP contribution >= 0.6 is 0 Å². The van der Waals surface area contributed by atoms with Crippen LogP contribution in [0, 0.1) is 0 Å². The van der Waals surface area contributed by atoms with Crippen molar-refractivity contribution in [2.45, 2.75) is 103 Å². The molecule has 0 aromatic rings. The first-order valence-electron chi connectivity index (χ1n) is 17.6. The maximum atomic E-state index is 11.9. The molecular weight excluding hydrogens is 849 g/mol. The Labute approximate surface area is 352 Å². The van der Waals surface area contributed by atoms with E-state index in [4.69, 9.17) is 18.9 Å². The van der Waals surface area contributed by atoms with Crippen molar-refractivity contribution in [1.82, 2.24) is 0 Å². The number of halogens is 3. The normalized spacial score (nSPS) is 24.9. The van der Waals surface area contributed by atoms with E-state index in [1.807, 2.05) is 20.8 Å². The second-order valence-electron chi connectivity index (χ2n) is 12.8. The summed E-state index contributed by atoms with van der Waals surface area (Å²) in [6.45, 7) is 36.1. The van der Waals surface area contributed by atoms with Crippen LogP contribution in [0.25, 0.3) is 0 Å². The Morgan fingerprint density at radius 2 is 1.00 bits per heavy atom. The largest absolute Gasteiger partial charge is 0.518 e. The zero-order chi connectivity index (χ0) is 48.0. The van der Waals surface area contributed by atoms with E-state index in [2.05, 4.69) is 93.4 Å². The van der Waals surface area contributed by atoms with Gasteiger partial charge in [0.2, 0.25) is 5.76 Å². The highest BCUT2D eigenvalue weighted by atomic mass is 19.3. The summed E-state index contributed by atoms with van der Waals surface area (Å²) in [7, 11) is 0. The Bertz CT molecular complexity index is 1770. The van der Waals surface area contributed by atoms with Gasteiger partial charge in [0.1, 0.15) is 28.8 Å². The van der Waals surface area contributed by atoms with Crippen LogP contribution in [0.5, 0.6) is 0 Å². The first-order valence-corrected chi connectivity index (χ1v) is 17.6. The lowest BCUT2D eigenvalue weighted by Crippen LogP contribution is -2.27. The number of hydrogen-bond acceptors (Lipinski definition) is 21. The monoisotopic (exact) mass is 894 g/mol. The quantitative estimate of drug-likeness (QED) is 0.189. The summed E-state index contributed by atoms with van der Waals surface area (Å²) in [6.07, 6.45) is -9.24. The highest BCUT2D eigenvalue weighted by molar-refractivity contribution is 5.67. The van der Waals surface area contributed by atoms with Crippen molar-refractivity contribution in [3.8, 4) is 0 Å². The molecule has 0 aliphatic carbocycles. The molecule has 0 N–H and O–H groups in total.